The maximum absolute atomic E-state index is 11.5. The minimum absolute atomic E-state index is 0.0771. The smallest absolute Gasteiger partial charge is 0.307 e. The summed E-state index contributed by atoms with van der Waals surface area (Å²) in [4.78, 5) is 15.7. The Morgan fingerprint density at radius 1 is 1.27 bits per heavy atom. The fraction of sp³-hybridized carbons (Fsp3) is 0.348. The van der Waals surface area contributed by atoms with Gasteiger partial charge in [-0.25, -0.2) is 18.5 Å². The summed E-state index contributed by atoms with van der Waals surface area (Å²) in [6, 6.07) is 9.34. The van der Waals surface area contributed by atoms with E-state index in [-0.39, 0.29) is 23.8 Å². The van der Waals surface area contributed by atoms with E-state index in [4.69, 9.17) is 9.88 Å². The maximum Gasteiger partial charge on any atom is 0.307 e. The second-order valence-corrected chi connectivity index (χ2v) is 10.3. The Labute approximate surface area is 193 Å². The molecule has 0 atom stereocenters. The second kappa shape index (κ2) is 9.32. The van der Waals surface area contributed by atoms with Crippen LogP contribution < -0.4 is 9.88 Å². The molecule has 0 saturated heterocycles. The highest BCUT2D eigenvalue weighted by atomic mass is 32.2. The molecule has 176 valence electrons. The zero-order chi connectivity index (χ0) is 24.4. The number of pyridine rings is 1. The molecule has 0 aliphatic carbocycles. The van der Waals surface area contributed by atoms with Gasteiger partial charge in [0.05, 0.1) is 18.2 Å². The molecule has 0 radical (unpaired) electrons. The van der Waals surface area contributed by atoms with Crippen molar-refractivity contribution in [3.05, 3.63) is 60.0 Å². The number of nitrogens with two attached hydrogens (primary N) is 1. The maximum atomic E-state index is 11.5. The van der Waals surface area contributed by atoms with Gasteiger partial charge < -0.3 is 9.84 Å². The molecule has 3 N–H and O–H groups in total. The van der Waals surface area contributed by atoms with Crippen molar-refractivity contribution in [3.63, 3.8) is 0 Å². The first-order valence-electron chi connectivity index (χ1n) is 10.4. The van der Waals surface area contributed by atoms with Gasteiger partial charge in [-0.1, -0.05) is 32.0 Å². The molecule has 3 aromatic rings. The number of aliphatic carboxylic acids is 1. The van der Waals surface area contributed by atoms with E-state index in [1.54, 1.807) is 12.3 Å². The predicted octanol–water partition coefficient (Wildman–Crippen LogP) is 3.16. The van der Waals surface area contributed by atoms with Crippen molar-refractivity contribution < 1.29 is 23.1 Å². The van der Waals surface area contributed by atoms with Crippen molar-refractivity contribution in [3.8, 4) is 17.0 Å². The summed E-state index contributed by atoms with van der Waals surface area (Å²) in [5, 5.41) is 18.7. The first-order chi connectivity index (χ1) is 15.4. The fourth-order valence-electron chi connectivity index (χ4n) is 3.52. The Hall–Kier alpha value is -3.24. The molecule has 0 aliphatic rings. The summed E-state index contributed by atoms with van der Waals surface area (Å²) in [7, 11) is -3.85. The van der Waals surface area contributed by atoms with E-state index in [0.29, 0.717) is 5.88 Å². The van der Waals surface area contributed by atoms with E-state index in [2.05, 4.69) is 10.1 Å². The van der Waals surface area contributed by atoms with E-state index < -0.39 is 21.5 Å². The third-order valence-electron chi connectivity index (χ3n) is 5.29. The topological polar surface area (TPSA) is 137 Å². The van der Waals surface area contributed by atoms with Crippen LogP contribution in [0.3, 0.4) is 0 Å². The van der Waals surface area contributed by atoms with Gasteiger partial charge in [0.15, 0.2) is 0 Å². The Morgan fingerprint density at radius 2 is 2.00 bits per heavy atom. The minimum atomic E-state index is -3.85. The predicted molar refractivity (Wildman–Crippen MR) is 124 cm³/mol. The molecule has 2 aromatic heterocycles. The van der Waals surface area contributed by atoms with Gasteiger partial charge in [0.1, 0.15) is 11.5 Å². The number of hydrogen-bond acceptors (Lipinski definition) is 6. The van der Waals surface area contributed by atoms with Crippen molar-refractivity contribution in [2.24, 2.45) is 5.14 Å². The van der Waals surface area contributed by atoms with Crippen molar-refractivity contribution in [2.45, 2.75) is 50.5 Å². The zero-order valence-corrected chi connectivity index (χ0v) is 19.8. The highest BCUT2D eigenvalue weighted by Crippen LogP contribution is 2.32. The van der Waals surface area contributed by atoms with Crippen LogP contribution in [-0.4, -0.2) is 40.9 Å². The Kier molecular flexibility index (Phi) is 6.89. The Balaban J connectivity index is 1.87. The third kappa shape index (κ3) is 5.77. The van der Waals surface area contributed by atoms with Crippen molar-refractivity contribution in [1.29, 1.82) is 0 Å². The lowest BCUT2D eigenvalue weighted by atomic mass is 9.89. The average molecular weight is 473 g/mol. The van der Waals surface area contributed by atoms with Gasteiger partial charge in [-0.2, -0.15) is 5.10 Å². The molecule has 2 heterocycles. The van der Waals surface area contributed by atoms with Crippen LogP contribution in [0.5, 0.6) is 5.88 Å². The first kappa shape index (κ1) is 24.4. The van der Waals surface area contributed by atoms with Crippen molar-refractivity contribution >= 4 is 16.0 Å². The summed E-state index contributed by atoms with van der Waals surface area (Å²) < 4.78 is 30.5. The van der Waals surface area contributed by atoms with Crippen LogP contribution in [0.4, 0.5) is 0 Å². The molecule has 0 fully saturated rings. The molecule has 9 nitrogen and oxygen atoms in total. The SMILES string of the molecule is CC(C)c1cccc(-c2ccnc(OCC(C)(C)n3cc(S(N)(=O)=O)cn3)c2)c1CC(=O)O. The summed E-state index contributed by atoms with van der Waals surface area (Å²) in [6.07, 6.45) is 4.08. The number of sulfonamides is 1. The van der Waals surface area contributed by atoms with Crippen LogP contribution in [0.2, 0.25) is 0 Å². The summed E-state index contributed by atoms with van der Waals surface area (Å²) in [5.74, 6) is -0.362. The molecule has 10 heteroatoms. The molecule has 0 spiro atoms. The van der Waals surface area contributed by atoms with Crippen LogP contribution in [-0.2, 0) is 26.8 Å². The number of nitrogens with zero attached hydrogens (tertiary/aromatic N) is 3. The fourth-order valence-corrected chi connectivity index (χ4v) is 3.96. The van der Waals surface area contributed by atoms with E-state index in [1.807, 2.05) is 52.0 Å². The van der Waals surface area contributed by atoms with Gasteiger partial charge >= 0.3 is 5.97 Å². The van der Waals surface area contributed by atoms with Crippen molar-refractivity contribution in [2.75, 3.05) is 6.61 Å². The summed E-state index contributed by atoms with van der Waals surface area (Å²) in [5.41, 5.74) is 2.68. The Bertz CT molecular complexity index is 1270. The van der Waals surface area contributed by atoms with Gasteiger partial charge in [-0.05, 0) is 48.1 Å². The summed E-state index contributed by atoms with van der Waals surface area (Å²) in [6.45, 7) is 7.90. The molecule has 33 heavy (non-hydrogen) atoms. The molecular weight excluding hydrogens is 444 g/mol. The molecule has 3 rings (SSSR count). The molecule has 0 amide bonds. The van der Waals surface area contributed by atoms with Gasteiger partial charge in [0, 0.05) is 18.5 Å². The van der Waals surface area contributed by atoms with E-state index in [9.17, 15) is 18.3 Å². The third-order valence-corrected chi connectivity index (χ3v) is 6.16. The number of rotatable bonds is 9. The Morgan fingerprint density at radius 3 is 2.61 bits per heavy atom. The standard InChI is InChI=1S/C23H28N4O5S/c1-15(2)18-6-5-7-19(20(18)11-22(28)29)16-8-9-25-21(10-16)32-14-23(3,4)27-13-17(12-26-27)33(24,30)31/h5-10,12-13,15H,11,14H2,1-4H3,(H,28,29)(H2,24,30,31). The number of carbonyl (C=O) groups is 1. The average Bonchev–Trinajstić information content (AvgIpc) is 3.24. The first-order valence-corrected chi connectivity index (χ1v) is 11.9. The van der Waals surface area contributed by atoms with Gasteiger partial charge in [-0.15, -0.1) is 0 Å². The minimum Gasteiger partial charge on any atom is -0.481 e. The van der Waals surface area contributed by atoms with E-state index >= 15 is 0 Å². The largest absolute Gasteiger partial charge is 0.481 e. The number of benzene rings is 1. The molecule has 0 saturated carbocycles. The molecular formula is C23H28N4O5S. The van der Waals surface area contributed by atoms with Crippen LogP contribution >= 0.6 is 0 Å². The molecule has 0 aliphatic heterocycles. The van der Waals surface area contributed by atoms with E-state index in [1.165, 1.54) is 17.1 Å². The number of ether oxygens (including phenoxy) is 1. The van der Waals surface area contributed by atoms with Crippen LogP contribution in [0, 0.1) is 0 Å². The molecule has 0 unspecified atom stereocenters. The van der Waals surface area contributed by atoms with Gasteiger partial charge in [0.2, 0.25) is 15.9 Å². The highest BCUT2D eigenvalue weighted by molar-refractivity contribution is 7.89. The van der Waals surface area contributed by atoms with Crippen LogP contribution in [0.15, 0.2) is 53.8 Å². The van der Waals surface area contributed by atoms with Gasteiger partial charge in [0.25, 0.3) is 0 Å². The number of carboxylic acid groups (broad SMARTS) is 1. The van der Waals surface area contributed by atoms with Crippen molar-refractivity contribution in [1.82, 2.24) is 14.8 Å². The van der Waals surface area contributed by atoms with E-state index in [0.717, 1.165) is 22.3 Å². The zero-order valence-electron chi connectivity index (χ0n) is 19.0. The lowest BCUT2D eigenvalue weighted by molar-refractivity contribution is -0.136. The lowest BCUT2D eigenvalue weighted by Crippen LogP contribution is -2.34. The number of carboxylic acids is 1. The quantitative estimate of drug-likeness (QED) is 0.488. The monoisotopic (exact) mass is 472 g/mol. The van der Waals surface area contributed by atoms with Crippen LogP contribution in [0.25, 0.3) is 11.1 Å². The normalized spacial score (nSPS) is 12.2. The molecule has 1 aromatic carbocycles. The number of primary sulfonamides is 1. The van der Waals surface area contributed by atoms with Crippen LogP contribution in [0.1, 0.15) is 44.7 Å². The molecule has 0 bridgehead atoms. The highest BCUT2D eigenvalue weighted by Gasteiger charge is 2.25. The number of hydrogen-bond donors (Lipinski definition) is 2. The van der Waals surface area contributed by atoms with Gasteiger partial charge in [-0.3, -0.25) is 9.48 Å². The summed E-state index contributed by atoms with van der Waals surface area (Å²) >= 11 is 0. The second-order valence-electron chi connectivity index (χ2n) is 8.75. The lowest BCUT2D eigenvalue weighted by Gasteiger charge is -2.25. The number of aromatic nitrogens is 3.